The van der Waals surface area contributed by atoms with E-state index in [0.29, 0.717) is 36.5 Å². The average Bonchev–Trinajstić information content (AvgIpc) is 3.14. The monoisotopic (exact) mass is 470 g/mol. The van der Waals surface area contributed by atoms with E-state index in [1.165, 1.54) is 28.8 Å². The van der Waals surface area contributed by atoms with E-state index in [1.807, 2.05) is 42.8 Å². The van der Waals surface area contributed by atoms with Crippen LogP contribution in [0.2, 0.25) is 0 Å². The number of benzene rings is 2. The molecule has 176 valence electrons. The van der Waals surface area contributed by atoms with Crippen LogP contribution in [-0.4, -0.2) is 40.5 Å². The Balaban J connectivity index is 1.84. The first kappa shape index (κ1) is 23.7. The van der Waals surface area contributed by atoms with Gasteiger partial charge in [-0.1, -0.05) is 11.8 Å². The van der Waals surface area contributed by atoms with Crippen molar-refractivity contribution in [1.29, 1.82) is 5.26 Å². The Bertz CT molecular complexity index is 1580. The number of fused-ring (bicyclic) bond motifs is 3. The molecule has 9 nitrogen and oxygen atoms in total. The maximum Gasteiger partial charge on any atom is 0.273 e. The fraction of sp³-hybridized carbons (Fsp3) is 0.231. The number of nitro groups is 1. The molecule has 2 aromatic heterocycles. The van der Waals surface area contributed by atoms with Crippen molar-refractivity contribution in [2.24, 2.45) is 7.05 Å². The molecule has 2 heterocycles. The largest absolute Gasteiger partial charge is 0.379 e. The van der Waals surface area contributed by atoms with Crippen LogP contribution in [-0.2, 0) is 16.5 Å². The van der Waals surface area contributed by atoms with E-state index < -0.39 is 10.5 Å². The van der Waals surface area contributed by atoms with Gasteiger partial charge in [0.1, 0.15) is 18.2 Å². The Morgan fingerprint density at radius 3 is 2.49 bits per heavy atom. The highest BCUT2D eigenvalue weighted by molar-refractivity contribution is 6.07. The van der Waals surface area contributed by atoms with Crippen LogP contribution in [0.5, 0.6) is 0 Å². The van der Waals surface area contributed by atoms with Crippen molar-refractivity contribution < 1.29 is 14.4 Å². The van der Waals surface area contributed by atoms with Gasteiger partial charge in [0.15, 0.2) is 0 Å². The number of aromatic nitrogens is 2. The minimum absolute atomic E-state index is 0.0222. The third-order valence-electron chi connectivity index (χ3n) is 5.58. The van der Waals surface area contributed by atoms with E-state index in [9.17, 15) is 20.2 Å². The van der Waals surface area contributed by atoms with Gasteiger partial charge in [-0.2, -0.15) is 5.26 Å². The molecule has 9 heteroatoms. The first-order chi connectivity index (χ1) is 17.0. The molecule has 0 aliphatic carbocycles. The predicted molar refractivity (Wildman–Crippen MR) is 132 cm³/mol. The molecule has 0 radical (unpaired) electrons. The second-order valence-corrected chi connectivity index (χ2v) is 7.66. The average molecular weight is 470 g/mol. The summed E-state index contributed by atoms with van der Waals surface area (Å²) in [6, 6.07) is 14.9. The summed E-state index contributed by atoms with van der Waals surface area (Å²) < 4.78 is 14.0. The number of rotatable bonds is 7. The summed E-state index contributed by atoms with van der Waals surface area (Å²) >= 11 is 0. The van der Waals surface area contributed by atoms with Gasteiger partial charge in [0.2, 0.25) is 0 Å². The van der Waals surface area contributed by atoms with Crippen LogP contribution in [0.25, 0.3) is 27.6 Å². The van der Waals surface area contributed by atoms with Gasteiger partial charge in [-0.3, -0.25) is 19.5 Å². The number of hydrogen-bond acceptors (Lipinski definition) is 6. The molecule has 2 aromatic carbocycles. The molecule has 0 amide bonds. The molecule has 0 aliphatic rings. The van der Waals surface area contributed by atoms with Crippen LogP contribution in [0, 0.1) is 33.3 Å². The van der Waals surface area contributed by atoms with Gasteiger partial charge in [0.25, 0.3) is 11.2 Å². The molecule has 0 bridgehead atoms. The van der Waals surface area contributed by atoms with E-state index in [0.717, 1.165) is 16.5 Å². The minimum atomic E-state index is -0.503. The molecule has 4 aromatic rings. The molecule has 35 heavy (non-hydrogen) atoms. The lowest BCUT2D eigenvalue weighted by Gasteiger charge is -2.09. The first-order valence-corrected chi connectivity index (χ1v) is 10.9. The van der Waals surface area contributed by atoms with Crippen molar-refractivity contribution >= 4 is 27.6 Å². The zero-order chi connectivity index (χ0) is 24.9. The van der Waals surface area contributed by atoms with Crippen molar-refractivity contribution in [3.8, 4) is 23.6 Å². The van der Waals surface area contributed by atoms with Gasteiger partial charge >= 0.3 is 0 Å². The van der Waals surface area contributed by atoms with Crippen molar-refractivity contribution in [2.75, 3.05) is 26.4 Å². The Labute approximate surface area is 200 Å². The second kappa shape index (κ2) is 10.2. The number of aryl methyl sites for hydroxylation is 1. The van der Waals surface area contributed by atoms with E-state index in [4.69, 9.17) is 9.47 Å². The summed E-state index contributed by atoms with van der Waals surface area (Å²) in [5.41, 5.74) is 2.68. The highest BCUT2D eigenvalue weighted by Crippen LogP contribution is 2.30. The molecule has 0 aliphatic heterocycles. The van der Waals surface area contributed by atoms with Gasteiger partial charge in [-0.05, 0) is 43.3 Å². The van der Waals surface area contributed by atoms with Gasteiger partial charge in [-0.15, -0.1) is 0 Å². The van der Waals surface area contributed by atoms with Gasteiger partial charge in [0.05, 0.1) is 34.7 Å². The lowest BCUT2D eigenvalue weighted by molar-refractivity contribution is -0.384. The summed E-state index contributed by atoms with van der Waals surface area (Å²) in [6.07, 6.45) is 0. The zero-order valence-corrected chi connectivity index (χ0v) is 19.3. The quantitative estimate of drug-likeness (QED) is 0.176. The van der Waals surface area contributed by atoms with E-state index in [1.54, 1.807) is 6.07 Å². The highest BCUT2D eigenvalue weighted by atomic mass is 16.6. The lowest BCUT2D eigenvalue weighted by Crippen LogP contribution is -2.21. The Morgan fingerprint density at radius 2 is 1.80 bits per heavy atom. The zero-order valence-electron chi connectivity index (χ0n) is 19.3. The third-order valence-corrected chi connectivity index (χ3v) is 5.58. The van der Waals surface area contributed by atoms with Gasteiger partial charge < -0.3 is 14.0 Å². The number of nitro benzene ring substituents is 1. The van der Waals surface area contributed by atoms with E-state index in [2.05, 4.69) is 11.8 Å². The summed E-state index contributed by atoms with van der Waals surface area (Å²) in [7, 11) is 1.86. The fourth-order valence-electron chi connectivity index (χ4n) is 3.92. The lowest BCUT2D eigenvalue weighted by atomic mass is 10.1. The molecular weight excluding hydrogens is 448 g/mol. The summed E-state index contributed by atoms with van der Waals surface area (Å²) in [5.74, 6) is 6.06. The van der Waals surface area contributed by atoms with Crippen molar-refractivity contribution in [2.45, 2.75) is 6.92 Å². The molecular formula is C26H22N4O5. The maximum atomic E-state index is 13.2. The van der Waals surface area contributed by atoms with Gasteiger partial charge in [0, 0.05) is 42.4 Å². The smallest absolute Gasteiger partial charge is 0.273 e. The van der Waals surface area contributed by atoms with Crippen LogP contribution in [0.1, 0.15) is 18.1 Å². The second-order valence-electron chi connectivity index (χ2n) is 7.66. The number of nitrogens with zero attached hydrogens (tertiary/aromatic N) is 4. The summed E-state index contributed by atoms with van der Waals surface area (Å²) in [5, 5.41) is 21.4. The predicted octanol–water partition coefficient (Wildman–Crippen LogP) is 3.67. The standard InChI is InChI=1S/C26H22N4O5/c1-3-34-13-14-35-12-4-5-18-6-11-23-22(15-18)25-24(28(23)2)16-19(17-27)26(31)29(25)20-7-9-21(10-8-20)30(32)33/h6-11,15-16H,3,12-14H2,1-2H3. The van der Waals surface area contributed by atoms with Crippen LogP contribution in [0.15, 0.2) is 53.3 Å². The molecule has 0 saturated heterocycles. The Kier molecular flexibility index (Phi) is 6.93. The summed E-state index contributed by atoms with van der Waals surface area (Å²) in [6.45, 7) is 3.81. The molecule has 0 unspecified atom stereocenters. The van der Waals surface area contributed by atoms with Crippen LogP contribution < -0.4 is 5.56 Å². The minimum Gasteiger partial charge on any atom is -0.379 e. The molecule has 0 fully saturated rings. The number of pyridine rings is 1. The maximum absolute atomic E-state index is 13.2. The van der Waals surface area contributed by atoms with Crippen LogP contribution in [0.4, 0.5) is 5.69 Å². The third kappa shape index (κ3) is 4.64. The number of nitriles is 1. The molecule has 0 spiro atoms. The van der Waals surface area contributed by atoms with E-state index >= 15 is 0 Å². The normalized spacial score (nSPS) is 10.8. The summed E-state index contributed by atoms with van der Waals surface area (Å²) in [4.78, 5) is 23.8. The highest BCUT2D eigenvalue weighted by Gasteiger charge is 2.18. The molecule has 4 rings (SSSR count). The molecule has 0 saturated carbocycles. The topological polar surface area (TPSA) is 112 Å². The SMILES string of the molecule is CCOCCOCC#Cc1ccc2c(c1)c1c(cc(C#N)c(=O)n1-c1ccc([N+](=O)[O-])cc1)n2C. The first-order valence-electron chi connectivity index (χ1n) is 10.9. The van der Waals surface area contributed by atoms with Crippen LogP contribution >= 0.6 is 0 Å². The number of ether oxygens (including phenoxy) is 2. The number of non-ortho nitro benzene ring substituents is 1. The van der Waals surface area contributed by atoms with Crippen molar-refractivity contribution in [3.63, 3.8) is 0 Å². The van der Waals surface area contributed by atoms with E-state index in [-0.39, 0.29) is 17.9 Å². The Morgan fingerprint density at radius 1 is 1.06 bits per heavy atom. The van der Waals surface area contributed by atoms with Crippen molar-refractivity contribution in [3.05, 3.63) is 80.1 Å². The Hall–Kier alpha value is -4.44. The fourth-order valence-corrected chi connectivity index (χ4v) is 3.92. The molecule has 0 atom stereocenters. The molecule has 0 N–H and O–H groups in total. The van der Waals surface area contributed by atoms with Gasteiger partial charge in [-0.25, -0.2) is 0 Å². The van der Waals surface area contributed by atoms with Crippen LogP contribution in [0.3, 0.4) is 0 Å². The number of hydrogen-bond donors (Lipinski definition) is 0. The van der Waals surface area contributed by atoms with Crippen molar-refractivity contribution in [1.82, 2.24) is 9.13 Å².